The van der Waals surface area contributed by atoms with E-state index in [-0.39, 0.29) is 5.97 Å². The van der Waals surface area contributed by atoms with E-state index in [4.69, 9.17) is 10.5 Å². The van der Waals surface area contributed by atoms with Crippen LogP contribution in [0.15, 0.2) is 42.0 Å². The maximum atomic E-state index is 11.8. The van der Waals surface area contributed by atoms with Crippen molar-refractivity contribution in [3.8, 4) is 0 Å². The zero-order valence-electron chi connectivity index (χ0n) is 11.5. The molecule has 0 aliphatic heterocycles. The van der Waals surface area contributed by atoms with Crippen LogP contribution < -0.4 is 5.73 Å². The van der Waals surface area contributed by atoms with Crippen molar-refractivity contribution < 1.29 is 9.53 Å². The van der Waals surface area contributed by atoms with Gasteiger partial charge in [0.1, 0.15) is 0 Å². The minimum absolute atomic E-state index is 0.218. The number of esters is 1. The third-order valence-electron chi connectivity index (χ3n) is 3.89. The smallest absolute Gasteiger partial charge is 0.334 e. The summed E-state index contributed by atoms with van der Waals surface area (Å²) >= 11 is 0. The van der Waals surface area contributed by atoms with E-state index in [1.54, 1.807) is 0 Å². The van der Waals surface area contributed by atoms with Crippen LogP contribution in [0.2, 0.25) is 0 Å². The molecular formula is C17H17NO2. The first-order valence-corrected chi connectivity index (χ1v) is 6.79. The number of carbonyl (C=O) groups excluding carboxylic acids is 1. The molecule has 20 heavy (non-hydrogen) atoms. The van der Waals surface area contributed by atoms with E-state index >= 15 is 0 Å². The number of hydrogen-bond donors (Lipinski definition) is 1. The van der Waals surface area contributed by atoms with Gasteiger partial charge in [-0.2, -0.15) is 0 Å². The monoisotopic (exact) mass is 267 g/mol. The molecule has 0 unspecified atom stereocenters. The number of carbonyl (C=O) groups is 1. The van der Waals surface area contributed by atoms with Crippen molar-refractivity contribution in [2.24, 2.45) is 0 Å². The molecule has 2 aromatic rings. The number of hydrogen-bond acceptors (Lipinski definition) is 3. The quantitative estimate of drug-likeness (QED) is 0.669. The summed E-state index contributed by atoms with van der Waals surface area (Å²) < 4.78 is 4.88. The molecule has 0 aromatic heterocycles. The van der Waals surface area contributed by atoms with Crippen LogP contribution in [0.1, 0.15) is 24.8 Å². The van der Waals surface area contributed by atoms with Crippen LogP contribution in [0.5, 0.6) is 0 Å². The lowest BCUT2D eigenvalue weighted by Crippen LogP contribution is -2.04. The Morgan fingerprint density at radius 3 is 2.80 bits per heavy atom. The van der Waals surface area contributed by atoms with Gasteiger partial charge in [-0.1, -0.05) is 24.3 Å². The van der Waals surface area contributed by atoms with Gasteiger partial charge in [0.05, 0.1) is 7.11 Å². The van der Waals surface area contributed by atoms with Crippen LogP contribution >= 0.6 is 0 Å². The van der Waals surface area contributed by atoms with Crippen LogP contribution in [-0.2, 0) is 9.53 Å². The molecule has 102 valence electrons. The molecule has 3 heteroatoms. The zero-order chi connectivity index (χ0) is 14.1. The van der Waals surface area contributed by atoms with Crippen LogP contribution in [0.3, 0.4) is 0 Å². The average Bonchev–Trinajstić information content (AvgIpc) is 2.96. The summed E-state index contributed by atoms with van der Waals surface area (Å²) in [6.45, 7) is 0. The second-order valence-electron chi connectivity index (χ2n) is 5.09. The van der Waals surface area contributed by atoms with Gasteiger partial charge in [0.2, 0.25) is 0 Å². The Kier molecular flexibility index (Phi) is 3.18. The van der Waals surface area contributed by atoms with Gasteiger partial charge in [0.25, 0.3) is 0 Å². The van der Waals surface area contributed by atoms with Gasteiger partial charge in [-0.15, -0.1) is 0 Å². The maximum Gasteiger partial charge on any atom is 0.334 e. The number of rotatable bonds is 2. The Hall–Kier alpha value is -2.29. The summed E-state index contributed by atoms with van der Waals surface area (Å²) in [5, 5.41) is 2.15. The number of benzene rings is 2. The molecule has 3 nitrogen and oxygen atoms in total. The highest BCUT2D eigenvalue weighted by Crippen LogP contribution is 2.37. The first-order chi connectivity index (χ1) is 9.70. The molecule has 0 saturated carbocycles. The second kappa shape index (κ2) is 5.00. The van der Waals surface area contributed by atoms with Gasteiger partial charge < -0.3 is 10.5 Å². The van der Waals surface area contributed by atoms with Gasteiger partial charge in [0, 0.05) is 16.6 Å². The molecule has 0 atom stereocenters. The van der Waals surface area contributed by atoms with Crippen molar-refractivity contribution in [1.29, 1.82) is 0 Å². The van der Waals surface area contributed by atoms with E-state index in [0.717, 1.165) is 52.4 Å². The predicted octanol–water partition coefficient (Wildman–Crippen LogP) is 3.53. The lowest BCUT2D eigenvalue weighted by atomic mass is 9.97. The number of anilines is 1. The molecule has 0 saturated heterocycles. The Morgan fingerprint density at radius 2 is 2.00 bits per heavy atom. The van der Waals surface area contributed by atoms with Crippen LogP contribution in [0, 0.1) is 0 Å². The third kappa shape index (κ3) is 2.05. The normalized spacial score (nSPS) is 14.8. The predicted molar refractivity (Wildman–Crippen MR) is 81.1 cm³/mol. The van der Waals surface area contributed by atoms with Gasteiger partial charge in [-0.05, 0) is 47.9 Å². The SMILES string of the molecule is COC(=O)C1=C(c2cc(N)c3ccccc3c2)CCC1. The zero-order valence-corrected chi connectivity index (χ0v) is 11.5. The lowest BCUT2D eigenvalue weighted by Gasteiger charge is -2.10. The Labute approximate surface area is 118 Å². The average molecular weight is 267 g/mol. The molecular weight excluding hydrogens is 250 g/mol. The Morgan fingerprint density at radius 1 is 1.20 bits per heavy atom. The van der Waals surface area contributed by atoms with E-state index in [2.05, 4.69) is 6.07 Å². The van der Waals surface area contributed by atoms with E-state index in [1.165, 1.54) is 7.11 Å². The number of fused-ring (bicyclic) bond motifs is 1. The first kappa shape index (κ1) is 12.7. The number of nitrogens with two attached hydrogens (primary N) is 1. The minimum Gasteiger partial charge on any atom is -0.466 e. The molecule has 0 radical (unpaired) electrons. The molecule has 1 aliphatic carbocycles. The molecule has 0 bridgehead atoms. The minimum atomic E-state index is -0.218. The first-order valence-electron chi connectivity index (χ1n) is 6.79. The number of nitrogen functional groups attached to an aromatic ring is 1. The summed E-state index contributed by atoms with van der Waals surface area (Å²) in [7, 11) is 1.43. The topological polar surface area (TPSA) is 52.3 Å². The highest BCUT2D eigenvalue weighted by atomic mass is 16.5. The van der Waals surface area contributed by atoms with E-state index < -0.39 is 0 Å². The molecule has 2 N–H and O–H groups in total. The van der Waals surface area contributed by atoms with Gasteiger partial charge in [0.15, 0.2) is 0 Å². The fourth-order valence-electron chi connectivity index (χ4n) is 2.93. The highest BCUT2D eigenvalue weighted by molar-refractivity contribution is 6.02. The molecule has 3 rings (SSSR count). The van der Waals surface area contributed by atoms with Crippen molar-refractivity contribution in [2.45, 2.75) is 19.3 Å². The van der Waals surface area contributed by atoms with Crippen molar-refractivity contribution in [2.75, 3.05) is 12.8 Å². The number of allylic oxidation sites excluding steroid dienone is 1. The number of ether oxygens (including phenoxy) is 1. The van der Waals surface area contributed by atoms with Gasteiger partial charge in [-0.25, -0.2) is 4.79 Å². The summed E-state index contributed by atoms with van der Waals surface area (Å²) in [5.41, 5.74) is 9.80. The second-order valence-corrected chi connectivity index (χ2v) is 5.09. The highest BCUT2D eigenvalue weighted by Gasteiger charge is 2.22. The van der Waals surface area contributed by atoms with Crippen LogP contribution in [0.4, 0.5) is 5.69 Å². The van der Waals surface area contributed by atoms with E-state index in [9.17, 15) is 4.79 Å². The molecule has 2 aromatic carbocycles. The fourth-order valence-corrected chi connectivity index (χ4v) is 2.93. The summed E-state index contributed by atoms with van der Waals surface area (Å²) in [6, 6.07) is 12.1. The van der Waals surface area contributed by atoms with Crippen LogP contribution in [-0.4, -0.2) is 13.1 Å². The molecule has 1 aliphatic rings. The molecule has 0 spiro atoms. The summed E-state index contributed by atoms with van der Waals surface area (Å²) in [5.74, 6) is -0.218. The van der Waals surface area contributed by atoms with Crippen LogP contribution in [0.25, 0.3) is 16.3 Å². The maximum absolute atomic E-state index is 11.8. The molecule has 0 fully saturated rings. The number of methoxy groups -OCH3 is 1. The van der Waals surface area contributed by atoms with Crippen molar-refractivity contribution >= 4 is 28.0 Å². The largest absolute Gasteiger partial charge is 0.466 e. The fraction of sp³-hybridized carbons (Fsp3) is 0.235. The molecule has 0 heterocycles. The van der Waals surface area contributed by atoms with E-state index in [1.807, 2.05) is 30.3 Å². The Bertz CT molecular complexity index is 716. The van der Waals surface area contributed by atoms with Crippen molar-refractivity contribution in [1.82, 2.24) is 0 Å². The van der Waals surface area contributed by atoms with Crippen molar-refractivity contribution in [3.05, 3.63) is 47.5 Å². The summed E-state index contributed by atoms with van der Waals surface area (Å²) in [6.07, 6.45) is 2.68. The third-order valence-corrected chi connectivity index (χ3v) is 3.89. The van der Waals surface area contributed by atoms with E-state index in [0.29, 0.717) is 0 Å². The van der Waals surface area contributed by atoms with Crippen molar-refractivity contribution in [3.63, 3.8) is 0 Å². The molecule has 0 amide bonds. The Balaban J connectivity index is 2.17. The lowest BCUT2D eigenvalue weighted by molar-refractivity contribution is -0.136. The standard InChI is InChI=1S/C17H17NO2/c1-20-17(19)15-8-4-7-13(15)12-9-11-5-2-3-6-14(11)16(18)10-12/h2-3,5-6,9-10H,4,7-8,18H2,1H3. The van der Waals surface area contributed by atoms with Gasteiger partial charge in [-0.3, -0.25) is 0 Å². The summed E-state index contributed by atoms with van der Waals surface area (Å²) in [4.78, 5) is 11.8. The van der Waals surface area contributed by atoms with Gasteiger partial charge >= 0.3 is 5.97 Å².